The molecule has 2 N–H and O–H groups in total. The molecule has 0 aliphatic carbocycles. The van der Waals surface area contributed by atoms with E-state index in [1.54, 1.807) is 30.3 Å². The minimum absolute atomic E-state index is 0.0108. The Balaban J connectivity index is 1.60. The molecular weight excluding hydrogens is 398 g/mol. The van der Waals surface area contributed by atoms with Gasteiger partial charge < -0.3 is 14.8 Å². The number of nitrogens with one attached hydrogen (secondary N) is 1. The summed E-state index contributed by atoms with van der Waals surface area (Å²) in [6.07, 6.45) is 3.32. The van der Waals surface area contributed by atoms with E-state index < -0.39 is 15.4 Å². The number of benzene rings is 1. The molecule has 0 radical (unpaired) electrons. The number of hydrogen-bond donors (Lipinski definition) is 2. The fourth-order valence-corrected chi connectivity index (χ4v) is 4.18. The van der Waals surface area contributed by atoms with E-state index in [0.29, 0.717) is 17.7 Å². The van der Waals surface area contributed by atoms with E-state index in [-0.39, 0.29) is 23.8 Å². The van der Waals surface area contributed by atoms with Gasteiger partial charge in [0.15, 0.2) is 15.4 Å². The van der Waals surface area contributed by atoms with Gasteiger partial charge in [-0.15, -0.1) is 0 Å². The summed E-state index contributed by atoms with van der Waals surface area (Å²) in [7, 11) is -3.23. The summed E-state index contributed by atoms with van der Waals surface area (Å²) >= 11 is 1.45. The van der Waals surface area contributed by atoms with E-state index >= 15 is 0 Å². The molecule has 2 heterocycles. The number of carbonyl (C=O) groups is 1. The number of aryl methyl sites for hydroxylation is 1. The Labute approximate surface area is 167 Å². The monoisotopic (exact) mass is 419 g/mol. The van der Waals surface area contributed by atoms with Crippen LogP contribution in [-0.2, 0) is 26.7 Å². The van der Waals surface area contributed by atoms with Gasteiger partial charge in [-0.25, -0.2) is 8.42 Å². The van der Waals surface area contributed by atoms with Crippen molar-refractivity contribution in [2.24, 2.45) is 0 Å². The van der Waals surface area contributed by atoms with Crippen LogP contribution in [0.5, 0.6) is 0 Å². The van der Waals surface area contributed by atoms with Crippen LogP contribution >= 0.6 is 11.3 Å². The van der Waals surface area contributed by atoms with Gasteiger partial charge in [0.2, 0.25) is 5.91 Å². The number of aliphatic hydroxyl groups is 1. The minimum atomic E-state index is -3.23. The molecule has 0 saturated carbocycles. The van der Waals surface area contributed by atoms with Gasteiger partial charge in [-0.3, -0.25) is 4.79 Å². The number of rotatable bonds is 8. The predicted molar refractivity (Wildman–Crippen MR) is 107 cm³/mol. The van der Waals surface area contributed by atoms with Crippen LogP contribution in [0.15, 0.2) is 68.8 Å². The van der Waals surface area contributed by atoms with Crippen molar-refractivity contribution in [3.63, 3.8) is 0 Å². The first kappa shape index (κ1) is 20.3. The van der Waals surface area contributed by atoms with Gasteiger partial charge in [-0.05, 0) is 53.1 Å². The molecule has 0 spiro atoms. The smallest absolute Gasteiger partial charge is 0.220 e. The van der Waals surface area contributed by atoms with E-state index in [0.717, 1.165) is 11.8 Å². The van der Waals surface area contributed by atoms with Crippen LogP contribution in [0.3, 0.4) is 0 Å². The Morgan fingerprint density at radius 3 is 2.54 bits per heavy atom. The SMILES string of the molecule is CS(=O)(=O)c1ccc(CCC(=O)NC[C@](O)(c2ccsc2)c2ccco2)cc1. The van der Waals surface area contributed by atoms with E-state index in [1.165, 1.54) is 29.7 Å². The van der Waals surface area contributed by atoms with Gasteiger partial charge in [-0.2, -0.15) is 11.3 Å². The molecule has 0 saturated heterocycles. The fourth-order valence-electron chi connectivity index (χ4n) is 2.82. The number of carbonyl (C=O) groups excluding carboxylic acids is 1. The molecule has 28 heavy (non-hydrogen) atoms. The highest BCUT2D eigenvalue weighted by molar-refractivity contribution is 7.90. The molecule has 6 nitrogen and oxygen atoms in total. The molecule has 8 heteroatoms. The predicted octanol–water partition coefficient (Wildman–Crippen LogP) is 2.73. The third-order valence-corrected chi connectivity index (χ3v) is 6.27. The summed E-state index contributed by atoms with van der Waals surface area (Å²) in [5.74, 6) is 0.148. The maximum Gasteiger partial charge on any atom is 0.220 e. The number of furan rings is 1. The van der Waals surface area contributed by atoms with Gasteiger partial charge in [0.05, 0.1) is 17.7 Å². The lowest BCUT2D eigenvalue weighted by Gasteiger charge is -2.25. The maximum absolute atomic E-state index is 12.3. The Hall–Kier alpha value is -2.42. The number of thiophene rings is 1. The molecule has 1 atom stereocenters. The molecule has 0 aliphatic rings. The minimum Gasteiger partial charge on any atom is -0.466 e. The third-order valence-electron chi connectivity index (χ3n) is 4.46. The van der Waals surface area contributed by atoms with Gasteiger partial charge in [0, 0.05) is 18.2 Å². The lowest BCUT2D eigenvalue weighted by Crippen LogP contribution is -2.41. The lowest BCUT2D eigenvalue weighted by molar-refractivity contribution is -0.122. The number of sulfone groups is 1. The van der Waals surface area contributed by atoms with Crippen LogP contribution in [0.1, 0.15) is 23.3 Å². The number of amides is 1. The van der Waals surface area contributed by atoms with Crippen LogP contribution < -0.4 is 5.32 Å². The summed E-state index contributed by atoms with van der Waals surface area (Å²) < 4.78 is 28.4. The van der Waals surface area contributed by atoms with Crippen LogP contribution in [-0.4, -0.2) is 32.2 Å². The highest BCUT2D eigenvalue weighted by Crippen LogP contribution is 2.31. The van der Waals surface area contributed by atoms with Gasteiger partial charge in [0.1, 0.15) is 5.76 Å². The average Bonchev–Trinajstić information content (AvgIpc) is 3.38. The van der Waals surface area contributed by atoms with Crippen molar-refractivity contribution in [2.75, 3.05) is 12.8 Å². The second-order valence-electron chi connectivity index (χ2n) is 6.54. The Morgan fingerprint density at radius 2 is 1.96 bits per heavy atom. The topological polar surface area (TPSA) is 96.6 Å². The number of hydrogen-bond acceptors (Lipinski definition) is 6. The third kappa shape index (κ3) is 4.70. The summed E-state index contributed by atoms with van der Waals surface area (Å²) in [4.78, 5) is 12.5. The molecule has 0 bridgehead atoms. The Morgan fingerprint density at radius 1 is 1.21 bits per heavy atom. The molecule has 0 aliphatic heterocycles. The van der Waals surface area contributed by atoms with Gasteiger partial charge >= 0.3 is 0 Å². The molecule has 148 valence electrons. The molecular formula is C20H21NO5S2. The standard InChI is InChI=1S/C20H21NO5S2/c1-28(24,25)17-7-4-15(5-8-17)6-9-19(22)21-14-20(23,16-10-12-27-13-16)18-3-2-11-26-18/h2-5,7-8,10-13,23H,6,9,14H2,1H3,(H,21,22)/t20-/m0/s1. The van der Waals surface area contributed by atoms with Gasteiger partial charge in [0.25, 0.3) is 0 Å². The second-order valence-corrected chi connectivity index (χ2v) is 9.34. The van der Waals surface area contributed by atoms with Crippen LogP contribution in [0.4, 0.5) is 0 Å². The van der Waals surface area contributed by atoms with Crippen molar-refractivity contribution in [3.05, 3.63) is 76.4 Å². The van der Waals surface area contributed by atoms with Crippen molar-refractivity contribution < 1.29 is 22.7 Å². The summed E-state index contributed by atoms with van der Waals surface area (Å²) in [6, 6.07) is 11.6. The maximum atomic E-state index is 12.3. The molecule has 1 amide bonds. The first-order valence-electron chi connectivity index (χ1n) is 8.64. The Kier molecular flexibility index (Phi) is 6.02. The highest BCUT2D eigenvalue weighted by atomic mass is 32.2. The molecule has 1 aromatic carbocycles. The van der Waals surface area contributed by atoms with Crippen LogP contribution in [0.2, 0.25) is 0 Å². The Bertz CT molecular complexity index is 973. The van der Waals surface area contributed by atoms with E-state index in [4.69, 9.17) is 4.42 Å². The zero-order valence-electron chi connectivity index (χ0n) is 15.3. The van der Waals surface area contributed by atoms with Crippen molar-refractivity contribution in [1.82, 2.24) is 5.32 Å². The van der Waals surface area contributed by atoms with Crippen molar-refractivity contribution in [1.29, 1.82) is 0 Å². The zero-order valence-corrected chi connectivity index (χ0v) is 16.9. The van der Waals surface area contributed by atoms with Crippen molar-refractivity contribution in [2.45, 2.75) is 23.3 Å². The molecule has 0 fully saturated rings. The van der Waals surface area contributed by atoms with Crippen molar-refractivity contribution >= 4 is 27.1 Å². The quantitative estimate of drug-likeness (QED) is 0.585. The molecule has 0 unspecified atom stereocenters. The lowest BCUT2D eigenvalue weighted by atomic mass is 9.93. The molecule has 2 aromatic heterocycles. The van der Waals surface area contributed by atoms with E-state index in [1.807, 2.05) is 10.8 Å². The normalized spacial score (nSPS) is 13.8. The zero-order chi connectivity index (χ0) is 20.2. The summed E-state index contributed by atoms with van der Waals surface area (Å²) in [6.45, 7) is -0.0108. The highest BCUT2D eigenvalue weighted by Gasteiger charge is 2.35. The van der Waals surface area contributed by atoms with Gasteiger partial charge in [-0.1, -0.05) is 12.1 Å². The first-order valence-corrected chi connectivity index (χ1v) is 11.5. The fraction of sp³-hybridized carbons (Fsp3) is 0.250. The van der Waals surface area contributed by atoms with E-state index in [9.17, 15) is 18.3 Å². The summed E-state index contributed by atoms with van der Waals surface area (Å²) in [5, 5.41) is 17.5. The van der Waals surface area contributed by atoms with Crippen LogP contribution in [0, 0.1) is 0 Å². The molecule has 3 aromatic rings. The van der Waals surface area contributed by atoms with Crippen LogP contribution in [0.25, 0.3) is 0 Å². The largest absolute Gasteiger partial charge is 0.466 e. The average molecular weight is 420 g/mol. The first-order chi connectivity index (χ1) is 13.3. The second kappa shape index (κ2) is 8.30. The van der Waals surface area contributed by atoms with Crippen molar-refractivity contribution in [3.8, 4) is 0 Å². The molecule has 3 rings (SSSR count). The summed E-state index contributed by atoms with van der Waals surface area (Å²) in [5.41, 5.74) is 0.0850. The van der Waals surface area contributed by atoms with E-state index in [2.05, 4.69) is 5.32 Å².